The quantitative estimate of drug-likeness (QED) is 0.186. The summed E-state index contributed by atoms with van der Waals surface area (Å²) in [6.45, 7) is 4.90. The smallest absolute Gasteiger partial charge is 0.164 e. The first-order valence-corrected chi connectivity index (χ1v) is 18.9. The van der Waals surface area contributed by atoms with Crippen molar-refractivity contribution in [2.75, 3.05) is 0 Å². The summed E-state index contributed by atoms with van der Waals surface area (Å²) < 4.78 is 0. The highest BCUT2D eigenvalue weighted by molar-refractivity contribution is 8.00. The van der Waals surface area contributed by atoms with E-state index < -0.39 is 0 Å². The van der Waals surface area contributed by atoms with E-state index in [1.165, 1.54) is 48.1 Å². The molecule has 0 N–H and O–H groups in total. The molecule has 4 aromatic carbocycles. The third kappa shape index (κ3) is 5.70. The van der Waals surface area contributed by atoms with Crippen LogP contribution in [0.5, 0.6) is 0 Å². The molecule has 50 heavy (non-hydrogen) atoms. The number of aromatic nitrogens is 3. The largest absolute Gasteiger partial charge is 0.208 e. The predicted molar refractivity (Wildman–Crippen MR) is 203 cm³/mol. The van der Waals surface area contributed by atoms with Crippen LogP contribution < -0.4 is 0 Å². The van der Waals surface area contributed by atoms with Crippen molar-refractivity contribution in [3.63, 3.8) is 0 Å². The molecule has 2 heterocycles. The van der Waals surface area contributed by atoms with Gasteiger partial charge in [-0.05, 0) is 102 Å². The average molecular weight is 669 g/mol. The SMILES string of the molecule is C[C@@H]1CC2C[C@H](C)CC(c3ccc(-c4nc(-c5ccccc5)nc(-c5cccc(-c6ccc7c(c6)C6C=C(C#N)C=CC6S7)c5)n4)cc3)(C2)C1. The predicted octanol–water partition coefficient (Wildman–Crippen LogP) is 11.2. The summed E-state index contributed by atoms with van der Waals surface area (Å²) in [7, 11) is 0. The molecule has 0 amide bonds. The number of nitrogens with zero attached hydrogens (tertiary/aromatic N) is 4. The molecule has 4 aliphatic rings. The second-order valence-corrected chi connectivity index (χ2v) is 16.4. The van der Waals surface area contributed by atoms with Crippen molar-refractivity contribution in [3.05, 3.63) is 132 Å². The zero-order valence-electron chi connectivity index (χ0n) is 28.6. The van der Waals surface area contributed by atoms with Gasteiger partial charge in [-0.3, -0.25) is 0 Å². The number of thioether (sulfide) groups is 1. The Balaban J connectivity index is 1.08. The Hall–Kier alpha value is -4.79. The van der Waals surface area contributed by atoms with Crippen LogP contribution in [0.4, 0.5) is 0 Å². The molecule has 5 heteroatoms. The first kappa shape index (κ1) is 31.2. The van der Waals surface area contributed by atoms with Crippen LogP contribution in [0, 0.1) is 29.1 Å². The van der Waals surface area contributed by atoms with Gasteiger partial charge in [0.2, 0.25) is 0 Å². The molecule has 5 aromatic rings. The highest BCUT2D eigenvalue weighted by atomic mass is 32.2. The lowest BCUT2D eigenvalue weighted by atomic mass is 9.54. The Morgan fingerprint density at radius 3 is 2.02 bits per heavy atom. The van der Waals surface area contributed by atoms with Gasteiger partial charge >= 0.3 is 0 Å². The molecular weight excluding hydrogens is 629 g/mol. The van der Waals surface area contributed by atoms with E-state index in [1.54, 1.807) is 0 Å². The lowest BCUT2D eigenvalue weighted by Gasteiger charge is -2.50. The van der Waals surface area contributed by atoms with Gasteiger partial charge in [-0.25, -0.2) is 15.0 Å². The van der Waals surface area contributed by atoms with Crippen molar-refractivity contribution in [1.29, 1.82) is 5.26 Å². The van der Waals surface area contributed by atoms with Crippen LogP contribution in [-0.4, -0.2) is 20.2 Å². The van der Waals surface area contributed by atoms with Crippen molar-refractivity contribution in [1.82, 2.24) is 15.0 Å². The Bertz CT molecular complexity index is 2180. The van der Waals surface area contributed by atoms with Gasteiger partial charge in [0.1, 0.15) is 0 Å². The number of benzene rings is 4. The maximum absolute atomic E-state index is 9.54. The minimum absolute atomic E-state index is 0.216. The highest BCUT2D eigenvalue weighted by Gasteiger charge is 2.45. The van der Waals surface area contributed by atoms with E-state index in [-0.39, 0.29) is 11.3 Å². The van der Waals surface area contributed by atoms with Crippen molar-refractivity contribution in [2.24, 2.45) is 17.8 Å². The van der Waals surface area contributed by atoms with Gasteiger partial charge in [-0.2, -0.15) is 5.26 Å². The third-order valence-electron chi connectivity index (χ3n) is 11.4. The molecule has 2 fully saturated rings. The molecule has 246 valence electrons. The topological polar surface area (TPSA) is 62.5 Å². The van der Waals surface area contributed by atoms with Gasteiger partial charge in [-0.15, -0.1) is 11.8 Å². The summed E-state index contributed by atoms with van der Waals surface area (Å²) in [4.78, 5) is 16.5. The van der Waals surface area contributed by atoms with Crippen LogP contribution in [-0.2, 0) is 5.41 Å². The molecule has 6 atom stereocenters. The number of fused-ring (bicyclic) bond motifs is 5. The molecule has 0 radical (unpaired) electrons. The molecule has 1 aliphatic heterocycles. The van der Waals surface area contributed by atoms with Crippen molar-refractivity contribution < 1.29 is 0 Å². The van der Waals surface area contributed by atoms with Crippen LogP contribution in [0.3, 0.4) is 0 Å². The van der Waals surface area contributed by atoms with Gasteiger partial charge in [0.15, 0.2) is 17.5 Å². The summed E-state index contributed by atoms with van der Waals surface area (Å²) in [5, 5.41) is 9.88. The minimum Gasteiger partial charge on any atom is -0.208 e. The second-order valence-electron chi connectivity index (χ2n) is 15.2. The first-order valence-electron chi connectivity index (χ1n) is 18.1. The molecule has 0 spiro atoms. The fraction of sp³-hybridized carbons (Fsp3) is 0.289. The molecule has 4 unspecified atom stereocenters. The van der Waals surface area contributed by atoms with Crippen LogP contribution in [0.25, 0.3) is 45.3 Å². The molecule has 9 rings (SSSR count). The number of rotatable bonds is 5. The Morgan fingerprint density at radius 2 is 1.30 bits per heavy atom. The first-order chi connectivity index (χ1) is 24.4. The fourth-order valence-corrected chi connectivity index (χ4v) is 10.9. The second kappa shape index (κ2) is 12.5. The summed E-state index contributed by atoms with van der Waals surface area (Å²) in [5.41, 5.74) is 9.01. The summed E-state index contributed by atoms with van der Waals surface area (Å²) in [6.07, 6.45) is 12.9. The van der Waals surface area contributed by atoms with E-state index in [1.807, 2.05) is 36.0 Å². The van der Waals surface area contributed by atoms with E-state index in [0.717, 1.165) is 51.1 Å². The van der Waals surface area contributed by atoms with Crippen LogP contribution in [0.1, 0.15) is 63.0 Å². The molecule has 3 aliphatic carbocycles. The Labute approximate surface area is 299 Å². The zero-order chi connectivity index (χ0) is 33.8. The van der Waals surface area contributed by atoms with Crippen LogP contribution >= 0.6 is 11.8 Å². The van der Waals surface area contributed by atoms with E-state index in [0.29, 0.717) is 22.7 Å². The number of hydrogen-bond donors (Lipinski definition) is 0. The summed E-state index contributed by atoms with van der Waals surface area (Å²) >= 11 is 1.88. The molecule has 2 saturated carbocycles. The normalized spacial score (nSPS) is 26.4. The van der Waals surface area contributed by atoms with E-state index in [4.69, 9.17) is 15.0 Å². The van der Waals surface area contributed by atoms with Gasteiger partial charge in [0.25, 0.3) is 0 Å². The third-order valence-corrected chi connectivity index (χ3v) is 12.8. The molecule has 0 saturated heterocycles. The highest BCUT2D eigenvalue weighted by Crippen LogP contribution is 2.54. The fourth-order valence-electron chi connectivity index (χ4n) is 9.58. The zero-order valence-corrected chi connectivity index (χ0v) is 29.4. The van der Waals surface area contributed by atoms with Crippen molar-refractivity contribution in [2.45, 2.75) is 67.4 Å². The maximum Gasteiger partial charge on any atom is 0.164 e. The van der Waals surface area contributed by atoms with E-state index in [9.17, 15) is 5.26 Å². The van der Waals surface area contributed by atoms with Crippen molar-refractivity contribution >= 4 is 11.8 Å². The monoisotopic (exact) mass is 668 g/mol. The summed E-state index contributed by atoms with van der Waals surface area (Å²) in [6, 6.07) is 37.0. The lowest BCUT2D eigenvalue weighted by Crippen LogP contribution is -2.42. The van der Waals surface area contributed by atoms with Gasteiger partial charge in [0, 0.05) is 38.3 Å². The van der Waals surface area contributed by atoms with Gasteiger partial charge < -0.3 is 0 Å². The average Bonchev–Trinajstić information content (AvgIpc) is 3.51. The van der Waals surface area contributed by atoms with Gasteiger partial charge in [0.05, 0.1) is 6.07 Å². The number of allylic oxidation sites excluding steroid dienone is 3. The molecule has 4 nitrogen and oxygen atoms in total. The van der Waals surface area contributed by atoms with Gasteiger partial charge in [-0.1, -0.05) is 105 Å². The maximum atomic E-state index is 9.54. The minimum atomic E-state index is 0.216. The van der Waals surface area contributed by atoms with E-state index >= 15 is 0 Å². The van der Waals surface area contributed by atoms with E-state index in [2.05, 4.69) is 111 Å². The molecule has 2 bridgehead atoms. The molecule has 1 aromatic heterocycles. The Kier molecular flexibility index (Phi) is 7.81. The van der Waals surface area contributed by atoms with Crippen LogP contribution in [0.2, 0.25) is 0 Å². The standard InChI is InChI=1S/C45H40N4S/c1-28-19-31-20-29(2)25-45(24-28,26-31)37-15-12-33(13-16-37)43-47-42(32-7-4-3-5-8-32)48-44(49-43)36-10-6-9-34(22-36)35-14-18-41-39(23-35)38-21-30(27-46)11-17-40(38)50-41/h3-18,21-23,28-29,31,38,40H,19-20,24-26H2,1-2H3/t28-,29+,31?,38?,40?,45?. The number of hydrogen-bond acceptors (Lipinski definition) is 5. The Morgan fingerprint density at radius 1 is 0.680 bits per heavy atom. The molecular formula is C45H40N4S. The number of nitriles is 1. The van der Waals surface area contributed by atoms with Crippen LogP contribution in [0.15, 0.2) is 126 Å². The summed E-state index contributed by atoms with van der Waals surface area (Å²) in [5.74, 6) is 4.66. The lowest BCUT2D eigenvalue weighted by molar-refractivity contribution is 0.0780. The van der Waals surface area contributed by atoms with Crippen molar-refractivity contribution in [3.8, 4) is 51.4 Å².